The molecule has 2 aromatic carbocycles. The summed E-state index contributed by atoms with van der Waals surface area (Å²) in [5.41, 5.74) is 1.74. The summed E-state index contributed by atoms with van der Waals surface area (Å²) in [7, 11) is -1.57. The summed E-state index contributed by atoms with van der Waals surface area (Å²) in [5.74, 6) is 1.55. The number of benzene rings is 2. The van der Waals surface area contributed by atoms with Gasteiger partial charge in [0.25, 0.3) is 0 Å². The van der Waals surface area contributed by atoms with Crippen LogP contribution in [0.25, 0.3) is 0 Å². The number of ether oxygens (including phenoxy) is 2. The molecule has 8 nitrogen and oxygen atoms in total. The largest absolute Gasteiger partial charge is 0.497 e. The number of rotatable bonds is 7. The van der Waals surface area contributed by atoms with Crippen LogP contribution >= 0.6 is 0 Å². The van der Waals surface area contributed by atoms with E-state index in [9.17, 15) is 18.3 Å². The Kier molecular flexibility index (Phi) is 11.1. The number of hydrogen-bond donors (Lipinski definition) is 1. The molecule has 0 bridgehead atoms. The molecule has 0 saturated carbocycles. The monoisotopic (exact) mass is 600 g/mol. The number of methoxy groups -OCH3 is 1. The zero-order chi connectivity index (χ0) is 30.3. The minimum atomic E-state index is -3.22. The van der Waals surface area contributed by atoms with E-state index in [2.05, 4.69) is 4.90 Å². The van der Waals surface area contributed by atoms with E-state index in [1.807, 2.05) is 55.1 Å². The van der Waals surface area contributed by atoms with Gasteiger partial charge < -0.3 is 19.5 Å². The normalized spacial score (nSPS) is 24.6. The predicted molar refractivity (Wildman–Crippen MR) is 164 cm³/mol. The maximum absolute atomic E-state index is 13.8. The number of piperidine rings is 1. The van der Waals surface area contributed by atoms with E-state index in [-0.39, 0.29) is 11.8 Å². The maximum Gasteiger partial charge on any atom is 0.222 e. The lowest BCUT2D eigenvalue weighted by Gasteiger charge is -2.39. The van der Waals surface area contributed by atoms with Crippen molar-refractivity contribution in [2.24, 2.45) is 17.3 Å². The van der Waals surface area contributed by atoms with E-state index in [1.165, 1.54) is 6.26 Å². The third kappa shape index (κ3) is 9.02. The van der Waals surface area contributed by atoms with Crippen LogP contribution in [0.3, 0.4) is 0 Å². The fourth-order valence-corrected chi connectivity index (χ4v) is 6.69. The van der Waals surface area contributed by atoms with Crippen molar-refractivity contribution in [2.45, 2.75) is 63.5 Å². The lowest BCUT2D eigenvalue weighted by Crippen LogP contribution is -2.47. The van der Waals surface area contributed by atoms with Gasteiger partial charge in [-0.25, -0.2) is 8.42 Å². The van der Waals surface area contributed by atoms with Gasteiger partial charge in [-0.2, -0.15) is 0 Å². The second kappa shape index (κ2) is 14.3. The minimum absolute atomic E-state index is 0.110. The van der Waals surface area contributed by atoms with Crippen molar-refractivity contribution in [1.29, 1.82) is 0 Å². The van der Waals surface area contributed by atoms with Crippen LogP contribution in [0.2, 0.25) is 0 Å². The molecule has 0 radical (unpaired) electrons. The molecule has 2 aliphatic rings. The number of β-amino-alcohol motifs (C(OH)–C–C–N with tert-alkyl or cyclic N) is 1. The number of hydrogen-bond acceptors (Lipinski definition) is 7. The first kappa shape index (κ1) is 32.5. The van der Waals surface area contributed by atoms with Crippen LogP contribution in [0.15, 0.2) is 53.4 Å². The van der Waals surface area contributed by atoms with Gasteiger partial charge in [-0.1, -0.05) is 38.1 Å². The molecule has 2 fully saturated rings. The third-order valence-electron chi connectivity index (χ3n) is 8.99. The van der Waals surface area contributed by atoms with Gasteiger partial charge in [-0.15, -0.1) is 0 Å². The van der Waals surface area contributed by atoms with E-state index in [0.717, 1.165) is 55.8 Å². The van der Waals surface area contributed by atoms with Gasteiger partial charge in [-0.3, -0.25) is 9.69 Å². The second-order valence-corrected chi connectivity index (χ2v) is 14.8. The molecule has 1 amide bonds. The number of likely N-dealkylation sites (tertiary alicyclic amines) is 1. The van der Waals surface area contributed by atoms with Crippen molar-refractivity contribution in [3.63, 3.8) is 0 Å². The van der Waals surface area contributed by atoms with Gasteiger partial charge in [0.2, 0.25) is 5.91 Å². The molecule has 3 atom stereocenters. The Morgan fingerprint density at radius 1 is 1.00 bits per heavy atom. The second-order valence-electron chi connectivity index (χ2n) is 12.8. The summed E-state index contributed by atoms with van der Waals surface area (Å²) in [6, 6.07) is 15.1. The number of aliphatic hydroxyl groups excluding tert-OH is 1. The Morgan fingerprint density at radius 3 is 2.36 bits per heavy atom. The summed E-state index contributed by atoms with van der Waals surface area (Å²) in [5, 5.41) is 11.2. The van der Waals surface area contributed by atoms with E-state index >= 15 is 0 Å². The van der Waals surface area contributed by atoms with Crippen LogP contribution in [0.5, 0.6) is 5.75 Å². The summed E-state index contributed by atoms with van der Waals surface area (Å²) < 4.78 is 35.0. The summed E-state index contributed by atoms with van der Waals surface area (Å²) in [6.45, 7) is 8.47. The van der Waals surface area contributed by atoms with Gasteiger partial charge in [0, 0.05) is 50.9 Å². The number of carbonyl (C=O) groups excluding carboxylic acids is 1. The van der Waals surface area contributed by atoms with Gasteiger partial charge in [0.15, 0.2) is 9.84 Å². The Labute approximate surface area is 251 Å². The number of aliphatic hydroxyl groups is 1. The molecule has 1 N–H and O–H groups in total. The molecule has 232 valence electrons. The zero-order valence-electron chi connectivity index (χ0n) is 25.6. The Hall–Kier alpha value is -2.46. The average Bonchev–Trinajstić information content (AvgIpc) is 2.96. The number of nitrogens with zero attached hydrogens (tertiary/aromatic N) is 2. The third-order valence-corrected chi connectivity index (χ3v) is 10.1. The minimum Gasteiger partial charge on any atom is -0.497 e. The van der Waals surface area contributed by atoms with Crippen LogP contribution in [-0.4, -0.2) is 88.1 Å². The lowest BCUT2D eigenvalue weighted by molar-refractivity contribution is -0.136. The molecule has 0 unspecified atom stereocenters. The highest BCUT2D eigenvalue weighted by atomic mass is 32.2. The zero-order valence-corrected chi connectivity index (χ0v) is 26.4. The molecule has 0 aliphatic carbocycles. The molecular weight excluding hydrogens is 552 g/mol. The maximum atomic E-state index is 13.8. The molecule has 2 aromatic rings. The standard InChI is InChI=1S/C33H48N2O6S/c1-33(2)24-41-19-5-6-28-22-34(21-26-9-13-30(14-10-26)42(4,38)39)17-16-27(28)20-32(37)35(23-31(33)36)18-15-25-7-11-29(40-3)12-8-25/h7-14,27-28,31,36H,5-6,15-24H2,1-4H3/t27-,28-,31-/m0/s1. The highest BCUT2D eigenvalue weighted by Gasteiger charge is 2.35. The summed E-state index contributed by atoms with van der Waals surface area (Å²) >= 11 is 0. The fraction of sp³-hybridized carbons (Fsp3) is 0.606. The molecule has 2 saturated heterocycles. The number of amides is 1. The predicted octanol–water partition coefficient (Wildman–Crippen LogP) is 4.20. The first-order chi connectivity index (χ1) is 19.9. The molecule has 0 aromatic heterocycles. The lowest BCUT2D eigenvalue weighted by atomic mass is 9.80. The van der Waals surface area contributed by atoms with Crippen molar-refractivity contribution in [2.75, 3.05) is 52.8 Å². The highest BCUT2D eigenvalue weighted by molar-refractivity contribution is 7.90. The van der Waals surface area contributed by atoms with Gasteiger partial charge in [-0.05, 0) is 79.5 Å². The van der Waals surface area contributed by atoms with Crippen LogP contribution < -0.4 is 4.74 Å². The van der Waals surface area contributed by atoms with E-state index in [0.29, 0.717) is 50.0 Å². The van der Waals surface area contributed by atoms with Crippen molar-refractivity contribution < 1.29 is 27.8 Å². The van der Waals surface area contributed by atoms with Crippen molar-refractivity contribution in [1.82, 2.24) is 9.80 Å². The molecule has 0 spiro atoms. The van der Waals surface area contributed by atoms with Gasteiger partial charge >= 0.3 is 0 Å². The van der Waals surface area contributed by atoms with E-state index in [4.69, 9.17) is 9.47 Å². The van der Waals surface area contributed by atoms with Crippen LogP contribution in [-0.2, 0) is 32.3 Å². The molecule has 2 aliphatic heterocycles. The van der Waals surface area contributed by atoms with E-state index in [1.54, 1.807) is 19.2 Å². The van der Waals surface area contributed by atoms with Crippen LogP contribution in [0, 0.1) is 17.3 Å². The van der Waals surface area contributed by atoms with Crippen molar-refractivity contribution in [3.8, 4) is 5.75 Å². The highest BCUT2D eigenvalue weighted by Crippen LogP contribution is 2.33. The van der Waals surface area contributed by atoms with Gasteiger partial charge in [0.1, 0.15) is 5.75 Å². The number of fused-ring (bicyclic) bond motifs is 1. The molecule has 2 heterocycles. The Morgan fingerprint density at radius 2 is 1.69 bits per heavy atom. The molecule has 4 rings (SSSR count). The fourth-order valence-electron chi connectivity index (χ4n) is 6.06. The molecule has 42 heavy (non-hydrogen) atoms. The summed E-state index contributed by atoms with van der Waals surface area (Å²) in [4.78, 5) is 18.5. The molecule has 9 heteroatoms. The van der Waals surface area contributed by atoms with E-state index < -0.39 is 21.4 Å². The van der Waals surface area contributed by atoms with Gasteiger partial charge in [0.05, 0.1) is 24.7 Å². The smallest absolute Gasteiger partial charge is 0.222 e. The quantitative estimate of drug-likeness (QED) is 0.509. The van der Waals surface area contributed by atoms with Crippen molar-refractivity contribution >= 4 is 15.7 Å². The number of sulfone groups is 1. The Balaban J connectivity index is 1.45. The average molecular weight is 601 g/mol. The Bertz CT molecular complexity index is 1260. The van der Waals surface area contributed by atoms with Crippen LogP contribution in [0.1, 0.15) is 50.7 Å². The SMILES string of the molecule is COc1ccc(CCN2C[C@H](O)C(C)(C)COCCC[C@H]3CN(Cc4ccc(S(C)(=O)=O)cc4)CC[C@H]3CC2=O)cc1. The molecular formula is C33H48N2O6S. The van der Waals surface area contributed by atoms with Crippen LogP contribution in [0.4, 0.5) is 0 Å². The number of carbonyl (C=O) groups is 1. The topological polar surface area (TPSA) is 96.4 Å². The first-order valence-corrected chi connectivity index (χ1v) is 17.0. The first-order valence-electron chi connectivity index (χ1n) is 15.1. The summed E-state index contributed by atoms with van der Waals surface area (Å²) in [6.07, 6.45) is 4.56. The van der Waals surface area contributed by atoms with Crippen molar-refractivity contribution in [3.05, 3.63) is 59.7 Å².